The van der Waals surface area contributed by atoms with E-state index in [0.29, 0.717) is 16.8 Å². The van der Waals surface area contributed by atoms with Gasteiger partial charge in [-0.1, -0.05) is 12.1 Å². The number of hydrogen-bond donors (Lipinski definition) is 1. The Morgan fingerprint density at radius 1 is 1.12 bits per heavy atom. The highest BCUT2D eigenvalue weighted by molar-refractivity contribution is 7.92. The molecule has 0 spiro atoms. The number of anilines is 1. The predicted molar refractivity (Wildman–Crippen MR) is 94.4 cm³/mol. The summed E-state index contributed by atoms with van der Waals surface area (Å²) in [5.41, 5.74) is 1.61. The first kappa shape index (κ1) is 17.4. The van der Waals surface area contributed by atoms with Gasteiger partial charge in [-0.15, -0.1) is 0 Å². The monoisotopic (exact) mass is 362 g/mol. The topological polar surface area (TPSA) is 66.5 Å². The number of hydrogen-bond acceptors (Lipinski definition) is 3. The van der Waals surface area contributed by atoms with Gasteiger partial charge in [-0.05, 0) is 54.8 Å². The van der Waals surface area contributed by atoms with Crippen molar-refractivity contribution in [3.05, 3.63) is 65.5 Å². The Morgan fingerprint density at radius 2 is 1.72 bits per heavy atom. The maximum atomic E-state index is 13.0. The van der Waals surface area contributed by atoms with Crippen molar-refractivity contribution < 1.29 is 17.6 Å². The molecular formula is C18H19FN2O3S. The first-order chi connectivity index (χ1) is 11.8. The van der Waals surface area contributed by atoms with Gasteiger partial charge in [0.2, 0.25) is 10.0 Å². The first-order valence-corrected chi connectivity index (χ1v) is 9.81. The summed E-state index contributed by atoms with van der Waals surface area (Å²) in [7, 11) is -3.53. The minimum atomic E-state index is -3.53. The molecule has 2 aromatic rings. The molecule has 25 heavy (non-hydrogen) atoms. The van der Waals surface area contributed by atoms with Gasteiger partial charge in [0.1, 0.15) is 5.82 Å². The molecule has 0 bridgehead atoms. The molecular weight excluding hydrogens is 343 g/mol. The van der Waals surface area contributed by atoms with Gasteiger partial charge >= 0.3 is 0 Å². The Labute approximate surface area is 146 Å². The van der Waals surface area contributed by atoms with Crippen LogP contribution in [-0.2, 0) is 16.6 Å². The molecule has 1 N–H and O–H groups in total. The number of amides is 1. The van der Waals surface area contributed by atoms with Crippen LogP contribution in [-0.4, -0.2) is 26.6 Å². The molecule has 3 rings (SSSR count). The third kappa shape index (κ3) is 4.57. The van der Waals surface area contributed by atoms with Crippen LogP contribution in [0.3, 0.4) is 0 Å². The zero-order valence-electron chi connectivity index (χ0n) is 13.8. The van der Waals surface area contributed by atoms with Crippen LogP contribution in [0.2, 0.25) is 0 Å². The normalized spacial score (nSPS) is 14.2. The second-order valence-electron chi connectivity index (χ2n) is 6.19. The van der Waals surface area contributed by atoms with Crippen molar-refractivity contribution in [2.45, 2.75) is 25.4 Å². The Morgan fingerprint density at radius 3 is 2.24 bits per heavy atom. The Bertz CT molecular complexity index is 860. The van der Waals surface area contributed by atoms with Crippen LogP contribution in [0.15, 0.2) is 48.5 Å². The summed E-state index contributed by atoms with van der Waals surface area (Å²) < 4.78 is 38.5. The van der Waals surface area contributed by atoms with Gasteiger partial charge in [0.25, 0.3) is 5.91 Å². The molecule has 1 saturated carbocycles. The molecule has 0 saturated heterocycles. The second-order valence-corrected chi connectivity index (χ2v) is 8.10. The lowest BCUT2D eigenvalue weighted by atomic mass is 10.1. The van der Waals surface area contributed by atoms with Gasteiger partial charge < -0.3 is 5.32 Å². The zero-order valence-corrected chi connectivity index (χ0v) is 14.6. The van der Waals surface area contributed by atoms with Crippen molar-refractivity contribution in [3.8, 4) is 0 Å². The maximum Gasteiger partial charge on any atom is 0.251 e. The molecule has 0 unspecified atom stereocenters. The fourth-order valence-corrected chi connectivity index (χ4v) is 3.32. The molecule has 7 heteroatoms. The standard InChI is InChI=1S/C18H19FN2O3S/c1-25(23,24)21(12-13-2-6-15(19)7-3-13)17-10-4-14(5-11-17)18(22)20-16-8-9-16/h2-7,10-11,16H,8-9,12H2,1H3,(H,20,22). The molecule has 132 valence electrons. The van der Waals surface area contributed by atoms with Gasteiger partial charge in [0.05, 0.1) is 18.5 Å². The largest absolute Gasteiger partial charge is 0.349 e. The number of benzene rings is 2. The van der Waals surface area contributed by atoms with Crippen molar-refractivity contribution in [3.63, 3.8) is 0 Å². The summed E-state index contributed by atoms with van der Waals surface area (Å²) in [5.74, 6) is -0.529. The van der Waals surface area contributed by atoms with Gasteiger partial charge in [-0.2, -0.15) is 0 Å². The number of nitrogens with zero attached hydrogens (tertiary/aromatic N) is 1. The molecule has 0 heterocycles. The predicted octanol–water partition coefficient (Wildman–Crippen LogP) is 2.68. The lowest BCUT2D eigenvalue weighted by Gasteiger charge is -2.22. The molecule has 1 aliphatic carbocycles. The van der Waals surface area contributed by atoms with Gasteiger partial charge in [-0.3, -0.25) is 9.10 Å². The van der Waals surface area contributed by atoms with Crippen molar-refractivity contribution in [1.82, 2.24) is 5.32 Å². The average molecular weight is 362 g/mol. The average Bonchev–Trinajstić information content (AvgIpc) is 3.37. The van der Waals surface area contributed by atoms with E-state index >= 15 is 0 Å². The number of carbonyl (C=O) groups is 1. The van der Waals surface area contributed by atoms with Crippen LogP contribution in [0, 0.1) is 5.82 Å². The lowest BCUT2D eigenvalue weighted by molar-refractivity contribution is 0.0951. The molecule has 0 aromatic heterocycles. The molecule has 2 aromatic carbocycles. The smallest absolute Gasteiger partial charge is 0.251 e. The van der Waals surface area contributed by atoms with Crippen LogP contribution in [0.4, 0.5) is 10.1 Å². The molecule has 0 atom stereocenters. The van der Waals surface area contributed by atoms with Gasteiger partial charge in [0, 0.05) is 11.6 Å². The Hall–Kier alpha value is -2.41. The fourth-order valence-electron chi connectivity index (χ4n) is 2.43. The maximum absolute atomic E-state index is 13.0. The van der Waals surface area contributed by atoms with E-state index < -0.39 is 10.0 Å². The number of carbonyl (C=O) groups excluding carboxylic acids is 1. The van der Waals surface area contributed by atoms with E-state index in [-0.39, 0.29) is 24.3 Å². The fraction of sp³-hybridized carbons (Fsp3) is 0.278. The summed E-state index contributed by atoms with van der Waals surface area (Å²) >= 11 is 0. The van der Waals surface area contributed by atoms with Gasteiger partial charge in [-0.25, -0.2) is 12.8 Å². The van der Waals surface area contributed by atoms with E-state index in [2.05, 4.69) is 5.32 Å². The summed E-state index contributed by atoms with van der Waals surface area (Å²) in [6.45, 7) is 0.0900. The van der Waals surface area contributed by atoms with Gasteiger partial charge in [0.15, 0.2) is 0 Å². The SMILES string of the molecule is CS(=O)(=O)N(Cc1ccc(F)cc1)c1ccc(C(=O)NC2CC2)cc1. The highest BCUT2D eigenvalue weighted by atomic mass is 32.2. The molecule has 1 amide bonds. The van der Waals surface area contributed by atoms with Crippen LogP contribution in [0.5, 0.6) is 0 Å². The van der Waals surface area contributed by atoms with Crippen LogP contribution < -0.4 is 9.62 Å². The van der Waals surface area contributed by atoms with E-state index in [9.17, 15) is 17.6 Å². The molecule has 1 aliphatic rings. The van der Waals surface area contributed by atoms with E-state index in [1.807, 2.05) is 0 Å². The Kier molecular flexibility index (Phi) is 4.76. The number of halogens is 1. The Balaban J connectivity index is 1.81. The zero-order chi connectivity index (χ0) is 18.0. The number of rotatable bonds is 6. The summed E-state index contributed by atoms with van der Waals surface area (Å²) in [6.07, 6.45) is 3.12. The van der Waals surface area contributed by atoms with Crippen LogP contribution in [0.25, 0.3) is 0 Å². The summed E-state index contributed by atoms with van der Waals surface area (Å²) in [5, 5.41) is 2.89. The number of nitrogens with one attached hydrogen (secondary N) is 1. The van der Waals surface area contributed by atoms with E-state index in [1.165, 1.54) is 16.4 Å². The van der Waals surface area contributed by atoms with Crippen molar-refractivity contribution in [1.29, 1.82) is 0 Å². The highest BCUT2D eigenvalue weighted by Crippen LogP contribution is 2.23. The van der Waals surface area contributed by atoms with Crippen molar-refractivity contribution in [2.75, 3.05) is 10.6 Å². The highest BCUT2D eigenvalue weighted by Gasteiger charge is 2.24. The molecule has 0 aliphatic heterocycles. The van der Waals surface area contributed by atoms with Crippen LogP contribution >= 0.6 is 0 Å². The minimum Gasteiger partial charge on any atom is -0.349 e. The van der Waals surface area contributed by atoms with E-state index in [0.717, 1.165) is 19.1 Å². The molecule has 1 fully saturated rings. The van der Waals surface area contributed by atoms with E-state index in [4.69, 9.17) is 0 Å². The van der Waals surface area contributed by atoms with Crippen molar-refractivity contribution in [2.24, 2.45) is 0 Å². The number of sulfonamides is 1. The quantitative estimate of drug-likeness (QED) is 0.859. The van der Waals surface area contributed by atoms with E-state index in [1.54, 1.807) is 36.4 Å². The molecule has 0 radical (unpaired) electrons. The van der Waals surface area contributed by atoms with Crippen molar-refractivity contribution >= 4 is 21.6 Å². The minimum absolute atomic E-state index is 0.0900. The third-order valence-electron chi connectivity index (χ3n) is 3.97. The summed E-state index contributed by atoms with van der Waals surface area (Å²) in [4.78, 5) is 12.0. The second kappa shape index (κ2) is 6.84. The van der Waals surface area contributed by atoms with Crippen LogP contribution in [0.1, 0.15) is 28.8 Å². The molecule has 5 nitrogen and oxygen atoms in total. The lowest BCUT2D eigenvalue weighted by Crippen LogP contribution is -2.29. The first-order valence-electron chi connectivity index (χ1n) is 7.96. The third-order valence-corrected chi connectivity index (χ3v) is 5.11. The summed E-state index contributed by atoms with van der Waals surface area (Å²) in [6, 6.07) is 12.4.